The Morgan fingerprint density at radius 3 is 2.31 bits per heavy atom. The molecule has 0 unspecified atom stereocenters. The first kappa shape index (κ1) is 21.3. The molecule has 1 aromatic rings. The number of carbonyl (C=O) groups is 2. The number of nitrogens with zero attached hydrogens (tertiary/aromatic N) is 2. The van der Waals surface area contributed by atoms with Gasteiger partial charge in [-0.05, 0) is 31.2 Å². The molecule has 1 saturated heterocycles. The maximum Gasteiger partial charge on any atom is 0.225 e. The van der Waals surface area contributed by atoms with Crippen molar-refractivity contribution in [1.29, 1.82) is 0 Å². The van der Waals surface area contributed by atoms with Crippen LogP contribution in [0.4, 0.5) is 0 Å². The van der Waals surface area contributed by atoms with Crippen LogP contribution in [0.1, 0.15) is 31.2 Å². The van der Waals surface area contributed by atoms with E-state index in [1.54, 1.807) is 6.08 Å². The fourth-order valence-electron chi connectivity index (χ4n) is 4.23. The molecule has 5 heteroatoms. The van der Waals surface area contributed by atoms with Gasteiger partial charge in [0.05, 0.1) is 0 Å². The van der Waals surface area contributed by atoms with Gasteiger partial charge >= 0.3 is 0 Å². The fraction of sp³-hybridized carbons (Fsp3) is 0.500. The highest BCUT2D eigenvalue weighted by atomic mass is 16.2. The Morgan fingerprint density at radius 1 is 1.00 bits per heavy atom. The van der Waals surface area contributed by atoms with Gasteiger partial charge in [0.1, 0.15) is 0 Å². The Balaban J connectivity index is 1.37. The summed E-state index contributed by atoms with van der Waals surface area (Å²) in [5, 5.41) is 2.88. The summed E-state index contributed by atoms with van der Waals surface area (Å²) in [5.74, 6) is 0.526. The number of hydrogen-bond acceptors (Lipinski definition) is 3. The van der Waals surface area contributed by atoms with Crippen molar-refractivity contribution in [3.05, 3.63) is 54.6 Å². The topological polar surface area (TPSA) is 52.7 Å². The predicted molar refractivity (Wildman–Crippen MR) is 117 cm³/mol. The van der Waals surface area contributed by atoms with Gasteiger partial charge in [0.25, 0.3) is 0 Å². The van der Waals surface area contributed by atoms with Crippen molar-refractivity contribution in [3.8, 4) is 0 Å². The minimum atomic E-state index is 0.0484. The summed E-state index contributed by atoms with van der Waals surface area (Å²) in [6, 6.07) is 10.3. The van der Waals surface area contributed by atoms with Crippen LogP contribution in [0.2, 0.25) is 0 Å². The van der Waals surface area contributed by atoms with Crippen molar-refractivity contribution in [2.24, 2.45) is 11.8 Å². The average Bonchev–Trinajstić information content (AvgIpc) is 2.78. The van der Waals surface area contributed by atoms with Crippen LogP contribution in [0.5, 0.6) is 0 Å². The van der Waals surface area contributed by atoms with Crippen molar-refractivity contribution in [1.82, 2.24) is 15.1 Å². The third kappa shape index (κ3) is 6.29. The molecular weight excluding hydrogens is 362 g/mol. The molecule has 1 N–H and O–H groups in total. The first-order valence-electron chi connectivity index (χ1n) is 10.8. The zero-order valence-electron chi connectivity index (χ0n) is 17.3. The van der Waals surface area contributed by atoms with Crippen LogP contribution in [0.25, 0.3) is 6.08 Å². The molecule has 1 aromatic carbocycles. The summed E-state index contributed by atoms with van der Waals surface area (Å²) in [7, 11) is 0. The highest BCUT2D eigenvalue weighted by Gasteiger charge is 2.32. The number of rotatable bonds is 7. The smallest absolute Gasteiger partial charge is 0.225 e. The van der Waals surface area contributed by atoms with Crippen molar-refractivity contribution in [3.63, 3.8) is 0 Å². The van der Waals surface area contributed by atoms with Crippen LogP contribution in [-0.4, -0.2) is 60.9 Å². The summed E-state index contributed by atoms with van der Waals surface area (Å²) in [4.78, 5) is 29.4. The molecule has 1 saturated carbocycles. The molecule has 0 bridgehead atoms. The van der Waals surface area contributed by atoms with Gasteiger partial charge in [-0.25, -0.2) is 0 Å². The van der Waals surface area contributed by atoms with E-state index in [0.717, 1.165) is 58.4 Å². The molecule has 2 aliphatic rings. The minimum Gasteiger partial charge on any atom is -0.352 e. The van der Waals surface area contributed by atoms with E-state index < -0.39 is 0 Å². The third-order valence-corrected chi connectivity index (χ3v) is 6.03. The molecule has 5 nitrogen and oxygen atoms in total. The zero-order chi connectivity index (χ0) is 20.5. The Bertz CT molecular complexity index is 700. The molecule has 29 heavy (non-hydrogen) atoms. The Labute approximate surface area is 174 Å². The van der Waals surface area contributed by atoms with Gasteiger partial charge in [-0.1, -0.05) is 48.6 Å². The Hall–Kier alpha value is -2.40. The van der Waals surface area contributed by atoms with Gasteiger partial charge in [0.15, 0.2) is 0 Å². The van der Waals surface area contributed by atoms with E-state index in [1.807, 2.05) is 23.1 Å². The molecule has 0 aromatic heterocycles. The highest BCUT2D eigenvalue weighted by molar-refractivity contribution is 5.81. The van der Waals surface area contributed by atoms with Crippen LogP contribution < -0.4 is 5.32 Å². The van der Waals surface area contributed by atoms with Gasteiger partial charge in [-0.15, -0.1) is 6.58 Å². The van der Waals surface area contributed by atoms with Crippen LogP contribution in [0.3, 0.4) is 0 Å². The lowest BCUT2D eigenvalue weighted by atomic mass is 9.81. The normalized spacial score (nSPS) is 23.1. The molecular formula is C24H33N3O2. The highest BCUT2D eigenvalue weighted by Crippen LogP contribution is 2.30. The standard InChI is InChI=1S/C24H33N3O2/c1-2-14-25-23(28)21-10-12-22(13-11-21)24(29)27-18-16-26(17-19-27)15-6-9-20-7-4-3-5-8-20/h2-9,21-22H,1,10-19H2,(H,25,28)/b9-6+. The Morgan fingerprint density at radius 2 is 1.66 bits per heavy atom. The van der Waals surface area contributed by atoms with Gasteiger partial charge in [0, 0.05) is 51.1 Å². The van der Waals surface area contributed by atoms with Gasteiger partial charge in [0.2, 0.25) is 11.8 Å². The maximum absolute atomic E-state index is 12.9. The second-order valence-electron chi connectivity index (χ2n) is 8.02. The second kappa shape index (κ2) is 11.0. The summed E-state index contributed by atoms with van der Waals surface area (Å²) in [5.41, 5.74) is 1.22. The number of hydrogen-bond donors (Lipinski definition) is 1. The van der Waals surface area contributed by atoms with Crippen LogP contribution in [0.15, 0.2) is 49.1 Å². The largest absolute Gasteiger partial charge is 0.352 e. The lowest BCUT2D eigenvalue weighted by molar-refractivity contribution is -0.139. The molecule has 0 radical (unpaired) electrons. The van der Waals surface area contributed by atoms with Crippen LogP contribution >= 0.6 is 0 Å². The van der Waals surface area contributed by atoms with Crippen LogP contribution in [0, 0.1) is 11.8 Å². The summed E-state index contributed by atoms with van der Waals surface area (Å²) in [6.07, 6.45) is 9.32. The van der Waals surface area contributed by atoms with Gasteiger partial charge < -0.3 is 10.2 Å². The van der Waals surface area contributed by atoms with E-state index in [-0.39, 0.29) is 23.7 Å². The van der Waals surface area contributed by atoms with Crippen molar-refractivity contribution in [2.75, 3.05) is 39.3 Å². The first-order valence-corrected chi connectivity index (χ1v) is 10.8. The van der Waals surface area contributed by atoms with Crippen LogP contribution in [-0.2, 0) is 9.59 Å². The van der Waals surface area contributed by atoms with E-state index in [4.69, 9.17) is 0 Å². The summed E-state index contributed by atoms with van der Waals surface area (Å²) in [6.45, 7) is 8.51. The van der Waals surface area contributed by atoms with Crippen molar-refractivity contribution in [2.45, 2.75) is 25.7 Å². The van der Waals surface area contributed by atoms with E-state index >= 15 is 0 Å². The Kier molecular flexibility index (Phi) is 8.05. The van der Waals surface area contributed by atoms with Gasteiger partial charge in [-0.2, -0.15) is 0 Å². The average molecular weight is 396 g/mol. The summed E-state index contributed by atoms with van der Waals surface area (Å²) < 4.78 is 0. The number of piperazine rings is 1. The quantitative estimate of drug-likeness (QED) is 0.722. The maximum atomic E-state index is 12.9. The molecule has 1 aliphatic heterocycles. The predicted octanol–water partition coefficient (Wildman–Crippen LogP) is 2.95. The number of nitrogens with one attached hydrogen (secondary N) is 1. The van der Waals surface area contributed by atoms with Crippen molar-refractivity contribution < 1.29 is 9.59 Å². The molecule has 1 heterocycles. The molecule has 0 spiro atoms. The van der Waals surface area contributed by atoms with Gasteiger partial charge in [-0.3, -0.25) is 14.5 Å². The third-order valence-electron chi connectivity index (χ3n) is 6.03. The van der Waals surface area contributed by atoms with E-state index in [1.165, 1.54) is 5.56 Å². The molecule has 0 atom stereocenters. The van der Waals surface area contributed by atoms with E-state index in [9.17, 15) is 9.59 Å². The SMILES string of the molecule is C=CCNC(=O)C1CCC(C(=O)N2CCN(C/C=C/c3ccccc3)CC2)CC1. The monoisotopic (exact) mass is 395 g/mol. The second-order valence-corrected chi connectivity index (χ2v) is 8.02. The number of amides is 2. The first-order chi connectivity index (χ1) is 14.2. The zero-order valence-corrected chi connectivity index (χ0v) is 17.3. The molecule has 1 aliphatic carbocycles. The molecule has 156 valence electrons. The fourth-order valence-corrected chi connectivity index (χ4v) is 4.23. The molecule has 2 fully saturated rings. The van der Waals surface area contributed by atoms with E-state index in [0.29, 0.717) is 6.54 Å². The van der Waals surface area contributed by atoms with E-state index in [2.05, 4.69) is 41.1 Å². The number of benzene rings is 1. The molecule has 2 amide bonds. The lowest BCUT2D eigenvalue weighted by Crippen LogP contribution is -2.50. The molecule has 3 rings (SSSR count). The number of carbonyl (C=O) groups excluding carboxylic acids is 2. The summed E-state index contributed by atoms with van der Waals surface area (Å²) >= 11 is 0. The minimum absolute atomic E-state index is 0.0484. The van der Waals surface area contributed by atoms with Crippen molar-refractivity contribution >= 4 is 17.9 Å². The lowest BCUT2D eigenvalue weighted by Gasteiger charge is -2.37.